The van der Waals surface area contributed by atoms with E-state index in [0.717, 1.165) is 34.0 Å². The second-order valence-electron chi connectivity index (χ2n) is 7.11. The minimum Gasteiger partial charge on any atom is -0.497 e. The van der Waals surface area contributed by atoms with Gasteiger partial charge in [0.1, 0.15) is 23.5 Å². The van der Waals surface area contributed by atoms with Gasteiger partial charge in [-0.3, -0.25) is 0 Å². The first-order valence-electron chi connectivity index (χ1n) is 9.31. The van der Waals surface area contributed by atoms with Crippen LogP contribution in [0.2, 0.25) is 5.15 Å². The summed E-state index contributed by atoms with van der Waals surface area (Å²) in [7, 11) is 5.31. The van der Waals surface area contributed by atoms with Gasteiger partial charge in [-0.05, 0) is 24.1 Å². The molecule has 4 rings (SSSR count). The third-order valence-electron chi connectivity index (χ3n) is 5.19. The Hall–Kier alpha value is -2.99. The summed E-state index contributed by atoms with van der Waals surface area (Å²) in [6.07, 6.45) is 1.48. The fourth-order valence-corrected chi connectivity index (χ4v) is 3.91. The Morgan fingerprint density at radius 3 is 2.55 bits per heavy atom. The fraction of sp³-hybridized carbons (Fsp3) is 0.273. The van der Waals surface area contributed by atoms with Gasteiger partial charge < -0.3 is 19.7 Å². The molecule has 1 N–H and O–H groups in total. The summed E-state index contributed by atoms with van der Waals surface area (Å²) < 4.78 is 11.3. The summed E-state index contributed by atoms with van der Waals surface area (Å²) >= 11 is 6.47. The van der Waals surface area contributed by atoms with Crippen molar-refractivity contribution in [1.82, 2.24) is 9.97 Å². The lowest BCUT2D eigenvalue weighted by atomic mass is 9.91. The molecular formula is C22H23ClN4O2. The zero-order valence-corrected chi connectivity index (χ0v) is 17.6. The zero-order valence-electron chi connectivity index (χ0n) is 16.9. The Bertz CT molecular complexity index is 1040. The predicted molar refractivity (Wildman–Crippen MR) is 115 cm³/mol. The summed E-state index contributed by atoms with van der Waals surface area (Å²) in [4.78, 5) is 10.7. The number of aromatic nitrogens is 2. The Labute approximate surface area is 175 Å². The molecule has 0 bridgehead atoms. The van der Waals surface area contributed by atoms with Gasteiger partial charge in [0.15, 0.2) is 11.0 Å². The number of fused-ring (bicyclic) bond motifs is 2. The maximum atomic E-state index is 6.47. The van der Waals surface area contributed by atoms with E-state index >= 15 is 0 Å². The van der Waals surface area contributed by atoms with Crippen LogP contribution in [-0.4, -0.2) is 31.2 Å². The summed E-state index contributed by atoms with van der Waals surface area (Å²) in [6, 6.07) is 12.2. The van der Waals surface area contributed by atoms with Gasteiger partial charge in [-0.2, -0.15) is 0 Å². The number of nitrogens with one attached hydrogen (secondary N) is 1. The molecule has 1 unspecified atom stereocenters. The molecule has 1 aromatic heterocycles. The lowest BCUT2D eigenvalue weighted by molar-refractivity contribution is 0.389. The highest BCUT2D eigenvalue weighted by molar-refractivity contribution is 6.32. The number of hydrogen-bond acceptors (Lipinski definition) is 6. The molecule has 1 atom stereocenters. The molecule has 2 aromatic carbocycles. The molecule has 0 saturated carbocycles. The largest absolute Gasteiger partial charge is 0.497 e. The normalized spacial score (nSPS) is 15.5. The van der Waals surface area contributed by atoms with Crippen molar-refractivity contribution in [3.05, 3.63) is 70.1 Å². The Kier molecular flexibility index (Phi) is 5.20. The summed E-state index contributed by atoms with van der Waals surface area (Å²) in [5.74, 6) is 2.25. The average molecular weight is 411 g/mol. The first-order valence-corrected chi connectivity index (χ1v) is 9.69. The van der Waals surface area contributed by atoms with E-state index in [-0.39, 0.29) is 6.04 Å². The highest BCUT2D eigenvalue weighted by Gasteiger charge is 2.29. The van der Waals surface area contributed by atoms with Crippen LogP contribution in [0.4, 0.5) is 11.5 Å². The second kappa shape index (κ2) is 7.79. The lowest BCUT2D eigenvalue weighted by Gasteiger charge is -2.32. The van der Waals surface area contributed by atoms with Gasteiger partial charge in [0.25, 0.3) is 0 Å². The minimum atomic E-state index is -0.192. The van der Waals surface area contributed by atoms with Crippen LogP contribution in [0.1, 0.15) is 28.3 Å². The van der Waals surface area contributed by atoms with Crippen molar-refractivity contribution in [1.29, 1.82) is 0 Å². The van der Waals surface area contributed by atoms with Gasteiger partial charge in [0.05, 0.1) is 20.3 Å². The highest BCUT2D eigenvalue weighted by Crippen LogP contribution is 2.43. The molecule has 1 aliphatic rings. The summed E-state index contributed by atoms with van der Waals surface area (Å²) in [5, 5.41) is 3.97. The van der Waals surface area contributed by atoms with E-state index in [0.29, 0.717) is 17.4 Å². The molecule has 2 heterocycles. The van der Waals surface area contributed by atoms with Gasteiger partial charge in [-0.15, -0.1) is 0 Å². The third kappa shape index (κ3) is 3.56. The Morgan fingerprint density at radius 2 is 1.86 bits per heavy atom. The van der Waals surface area contributed by atoms with Crippen LogP contribution in [0.15, 0.2) is 42.7 Å². The maximum absolute atomic E-state index is 6.47. The maximum Gasteiger partial charge on any atom is 0.157 e. The van der Waals surface area contributed by atoms with Gasteiger partial charge in [-0.1, -0.05) is 41.4 Å². The van der Waals surface area contributed by atoms with Gasteiger partial charge in [-0.25, -0.2) is 9.97 Å². The van der Waals surface area contributed by atoms with Crippen LogP contribution >= 0.6 is 11.6 Å². The van der Waals surface area contributed by atoms with E-state index < -0.39 is 0 Å². The summed E-state index contributed by atoms with van der Waals surface area (Å²) in [5.41, 5.74) is 5.11. The molecule has 0 spiro atoms. The number of nitrogens with zero attached hydrogens (tertiary/aromatic N) is 3. The van der Waals surface area contributed by atoms with Crippen LogP contribution in [0.3, 0.4) is 0 Å². The van der Waals surface area contributed by atoms with Crippen molar-refractivity contribution in [2.24, 2.45) is 0 Å². The number of halogens is 1. The van der Waals surface area contributed by atoms with Crippen LogP contribution in [-0.2, 0) is 6.54 Å². The number of ether oxygens (including phenoxy) is 2. The topological polar surface area (TPSA) is 59.5 Å². The van der Waals surface area contributed by atoms with Crippen LogP contribution in [0.25, 0.3) is 0 Å². The number of benzene rings is 2. The van der Waals surface area contributed by atoms with Crippen LogP contribution in [0, 0.1) is 6.92 Å². The molecule has 0 radical (unpaired) electrons. The number of methoxy groups -OCH3 is 2. The first-order chi connectivity index (χ1) is 14.0. The molecule has 3 aromatic rings. The molecule has 6 nitrogen and oxygen atoms in total. The van der Waals surface area contributed by atoms with E-state index in [1.54, 1.807) is 14.2 Å². The van der Waals surface area contributed by atoms with Crippen molar-refractivity contribution in [3.8, 4) is 11.5 Å². The second-order valence-corrected chi connectivity index (χ2v) is 7.47. The smallest absolute Gasteiger partial charge is 0.157 e. The van der Waals surface area contributed by atoms with Crippen LogP contribution in [0.5, 0.6) is 11.5 Å². The van der Waals surface area contributed by atoms with Gasteiger partial charge in [0.2, 0.25) is 0 Å². The van der Waals surface area contributed by atoms with Crippen molar-refractivity contribution >= 4 is 23.1 Å². The highest BCUT2D eigenvalue weighted by atomic mass is 35.5. The quantitative estimate of drug-likeness (QED) is 0.636. The van der Waals surface area contributed by atoms with E-state index in [1.165, 1.54) is 11.9 Å². The van der Waals surface area contributed by atoms with E-state index in [1.807, 2.05) is 24.1 Å². The van der Waals surface area contributed by atoms with Crippen LogP contribution < -0.4 is 19.7 Å². The van der Waals surface area contributed by atoms with Crippen molar-refractivity contribution in [2.75, 3.05) is 31.5 Å². The fourth-order valence-electron chi connectivity index (χ4n) is 3.73. The van der Waals surface area contributed by atoms with Gasteiger partial charge >= 0.3 is 0 Å². The molecule has 0 fully saturated rings. The summed E-state index contributed by atoms with van der Waals surface area (Å²) in [6.45, 7) is 2.69. The Morgan fingerprint density at radius 1 is 1.10 bits per heavy atom. The van der Waals surface area contributed by atoms with Crippen molar-refractivity contribution in [3.63, 3.8) is 0 Å². The molecule has 7 heteroatoms. The number of hydrogen-bond donors (Lipinski definition) is 1. The van der Waals surface area contributed by atoms with E-state index in [2.05, 4.69) is 46.5 Å². The lowest BCUT2D eigenvalue weighted by Crippen LogP contribution is -2.27. The molecular weight excluding hydrogens is 388 g/mol. The molecule has 150 valence electrons. The van der Waals surface area contributed by atoms with E-state index in [9.17, 15) is 0 Å². The van der Waals surface area contributed by atoms with Crippen molar-refractivity contribution < 1.29 is 9.47 Å². The Balaban J connectivity index is 1.97. The number of anilines is 2. The van der Waals surface area contributed by atoms with Crippen molar-refractivity contribution in [2.45, 2.75) is 19.5 Å². The molecule has 29 heavy (non-hydrogen) atoms. The average Bonchev–Trinajstić information content (AvgIpc) is 2.72. The third-order valence-corrected chi connectivity index (χ3v) is 5.48. The SMILES string of the molecule is COc1cc2c(c(OC)c1)C(c1ccc(C)cc1)Nc1c(Cl)ncnc1N(C)C2. The first kappa shape index (κ1) is 19.3. The molecule has 0 saturated heterocycles. The molecule has 0 amide bonds. The standard InChI is InChI=1S/C22H23ClN4O2/c1-13-5-7-14(8-6-13)19-18-15(9-16(28-3)10-17(18)29-4)11-27(2)22-20(26-19)21(23)24-12-25-22/h5-10,12,19,26H,11H2,1-4H3. The van der Waals surface area contributed by atoms with Gasteiger partial charge in [0, 0.05) is 25.2 Å². The predicted octanol–water partition coefficient (Wildman–Crippen LogP) is 4.61. The molecule has 1 aliphatic heterocycles. The number of rotatable bonds is 3. The number of aryl methyl sites for hydroxylation is 1. The zero-order chi connectivity index (χ0) is 20.5. The molecule has 0 aliphatic carbocycles. The monoisotopic (exact) mass is 410 g/mol. The minimum absolute atomic E-state index is 0.192. The van der Waals surface area contributed by atoms with E-state index in [4.69, 9.17) is 21.1 Å².